The Morgan fingerprint density at radius 1 is 1.50 bits per heavy atom. The van der Waals surface area contributed by atoms with Gasteiger partial charge in [0, 0.05) is 11.8 Å². The summed E-state index contributed by atoms with van der Waals surface area (Å²) < 4.78 is 4.91. The average Bonchev–Trinajstić information content (AvgIpc) is 2.74. The number of ether oxygens (including phenoxy) is 1. The molecule has 2 heterocycles. The van der Waals surface area contributed by atoms with Crippen molar-refractivity contribution < 1.29 is 9.53 Å². The lowest BCUT2D eigenvalue weighted by molar-refractivity contribution is 0.0529. The van der Waals surface area contributed by atoms with E-state index in [-0.39, 0.29) is 12.2 Å². The first-order valence-corrected chi connectivity index (χ1v) is 6.72. The van der Waals surface area contributed by atoms with E-state index < -0.39 is 5.97 Å². The second-order valence-corrected chi connectivity index (χ2v) is 4.67. The Morgan fingerprint density at radius 3 is 2.94 bits per heavy atom. The van der Waals surface area contributed by atoms with Crippen LogP contribution >= 0.6 is 11.3 Å². The van der Waals surface area contributed by atoms with Gasteiger partial charge in [0.1, 0.15) is 10.7 Å². The molecular formula is C12H14N2O3S. The second-order valence-electron chi connectivity index (χ2n) is 3.81. The molecule has 0 saturated carbocycles. The number of fused-ring (bicyclic) bond motifs is 1. The van der Waals surface area contributed by atoms with Crippen LogP contribution in [0, 0.1) is 0 Å². The van der Waals surface area contributed by atoms with Gasteiger partial charge in [0.15, 0.2) is 0 Å². The summed E-state index contributed by atoms with van der Waals surface area (Å²) in [5.74, 6) is 0.187. The van der Waals surface area contributed by atoms with E-state index >= 15 is 0 Å². The Morgan fingerprint density at radius 2 is 2.28 bits per heavy atom. The predicted octanol–water partition coefficient (Wildman–Crippen LogP) is 2.11. The number of hydrogen-bond acceptors (Lipinski definition) is 5. The van der Waals surface area contributed by atoms with Crippen LogP contribution in [0.5, 0.6) is 0 Å². The summed E-state index contributed by atoms with van der Waals surface area (Å²) in [6.45, 7) is 4.03. The molecule has 1 N–H and O–H groups in total. The lowest BCUT2D eigenvalue weighted by Crippen LogP contribution is -2.14. The van der Waals surface area contributed by atoms with Gasteiger partial charge in [-0.2, -0.15) is 0 Å². The minimum Gasteiger partial charge on any atom is -0.462 e. The molecule has 0 fully saturated rings. The van der Waals surface area contributed by atoms with Gasteiger partial charge in [-0.1, -0.05) is 6.92 Å². The van der Waals surface area contributed by atoms with E-state index in [9.17, 15) is 9.59 Å². The fourth-order valence-corrected chi connectivity index (χ4v) is 2.63. The summed E-state index contributed by atoms with van der Waals surface area (Å²) in [4.78, 5) is 31.3. The van der Waals surface area contributed by atoms with Crippen LogP contribution in [0.4, 0.5) is 0 Å². The van der Waals surface area contributed by atoms with Gasteiger partial charge in [0.25, 0.3) is 5.56 Å². The van der Waals surface area contributed by atoms with Crippen molar-refractivity contribution in [2.24, 2.45) is 0 Å². The molecule has 2 rings (SSSR count). The predicted molar refractivity (Wildman–Crippen MR) is 70.2 cm³/mol. The van der Waals surface area contributed by atoms with E-state index in [1.807, 2.05) is 6.92 Å². The molecule has 0 amide bonds. The highest BCUT2D eigenvalue weighted by atomic mass is 32.1. The molecule has 0 spiro atoms. The van der Waals surface area contributed by atoms with Crippen molar-refractivity contribution in [2.75, 3.05) is 6.61 Å². The smallest absolute Gasteiger partial charge is 0.339 e. The molecule has 0 aliphatic heterocycles. The Balaban J connectivity index is 2.53. The molecule has 0 aliphatic rings. The number of thiophene rings is 1. The monoisotopic (exact) mass is 266 g/mol. The number of hydrogen-bond donors (Lipinski definition) is 1. The molecule has 6 heteroatoms. The van der Waals surface area contributed by atoms with Crippen LogP contribution in [-0.2, 0) is 11.2 Å². The largest absolute Gasteiger partial charge is 0.462 e. The van der Waals surface area contributed by atoms with Gasteiger partial charge in [-0.15, -0.1) is 11.3 Å². The molecule has 0 unspecified atom stereocenters. The molecule has 0 saturated heterocycles. The maximum Gasteiger partial charge on any atom is 0.339 e. The first-order valence-electron chi connectivity index (χ1n) is 5.84. The van der Waals surface area contributed by atoms with Crippen molar-refractivity contribution in [3.8, 4) is 0 Å². The lowest BCUT2D eigenvalue weighted by atomic mass is 10.2. The quantitative estimate of drug-likeness (QED) is 0.860. The third-order valence-electron chi connectivity index (χ3n) is 2.48. The number of nitrogens with one attached hydrogen (secondary N) is 1. The fourth-order valence-electron chi connectivity index (χ4n) is 1.71. The Hall–Kier alpha value is -1.69. The van der Waals surface area contributed by atoms with Gasteiger partial charge in [0.2, 0.25) is 0 Å². The number of H-pyrrole nitrogens is 1. The van der Waals surface area contributed by atoms with Gasteiger partial charge in [0.05, 0.1) is 17.6 Å². The van der Waals surface area contributed by atoms with Crippen molar-refractivity contribution in [3.05, 3.63) is 27.1 Å². The number of rotatable bonds is 4. The maximum atomic E-state index is 12.0. The van der Waals surface area contributed by atoms with E-state index in [4.69, 9.17) is 4.74 Å². The zero-order chi connectivity index (χ0) is 13.1. The number of aromatic amines is 1. The molecule has 0 bridgehead atoms. The van der Waals surface area contributed by atoms with E-state index in [2.05, 4.69) is 9.97 Å². The molecule has 0 aromatic carbocycles. The van der Waals surface area contributed by atoms with Crippen LogP contribution in [0.25, 0.3) is 10.2 Å². The van der Waals surface area contributed by atoms with Crippen molar-refractivity contribution in [1.29, 1.82) is 0 Å². The molecule has 0 aliphatic carbocycles. The topological polar surface area (TPSA) is 72.0 Å². The summed E-state index contributed by atoms with van der Waals surface area (Å²) in [6, 6.07) is 0. The van der Waals surface area contributed by atoms with Crippen molar-refractivity contribution >= 4 is 27.5 Å². The van der Waals surface area contributed by atoms with Gasteiger partial charge < -0.3 is 9.72 Å². The molecule has 0 radical (unpaired) electrons. The minimum atomic E-state index is -0.473. The third-order valence-corrected chi connectivity index (χ3v) is 3.35. The molecule has 96 valence electrons. The van der Waals surface area contributed by atoms with Crippen molar-refractivity contribution in [3.63, 3.8) is 0 Å². The van der Waals surface area contributed by atoms with Crippen LogP contribution in [0.15, 0.2) is 10.2 Å². The van der Waals surface area contributed by atoms with Gasteiger partial charge in [-0.05, 0) is 13.3 Å². The summed E-state index contributed by atoms with van der Waals surface area (Å²) in [5.41, 5.74) is 0.0291. The lowest BCUT2D eigenvalue weighted by Gasteiger charge is -2.00. The van der Waals surface area contributed by atoms with E-state index in [1.165, 1.54) is 11.3 Å². The molecule has 2 aromatic rings. The van der Waals surface area contributed by atoms with Gasteiger partial charge in [-0.3, -0.25) is 4.79 Å². The standard InChI is InChI=1S/C12H14N2O3S/c1-3-5-8-13-10(15)9-7(12(16)17-4-2)6-18-11(9)14-8/h6H,3-5H2,1-2H3,(H,13,14,15). The zero-order valence-electron chi connectivity index (χ0n) is 10.3. The van der Waals surface area contributed by atoms with Gasteiger partial charge in [-0.25, -0.2) is 9.78 Å². The van der Waals surface area contributed by atoms with Crippen LogP contribution in [0.1, 0.15) is 36.5 Å². The minimum absolute atomic E-state index is 0.271. The van der Waals surface area contributed by atoms with E-state index in [0.717, 1.165) is 12.8 Å². The van der Waals surface area contributed by atoms with Crippen molar-refractivity contribution in [1.82, 2.24) is 9.97 Å². The van der Waals surface area contributed by atoms with Crippen LogP contribution in [0.3, 0.4) is 0 Å². The van der Waals surface area contributed by atoms with Crippen LogP contribution in [0.2, 0.25) is 0 Å². The van der Waals surface area contributed by atoms with E-state index in [1.54, 1.807) is 12.3 Å². The Labute approximate surface area is 108 Å². The summed E-state index contributed by atoms with van der Waals surface area (Å²) in [5, 5.41) is 1.96. The zero-order valence-corrected chi connectivity index (χ0v) is 11.1. The normalized spacial score (nSPS) is 10.8. The number of aromatic nitrogens is 2. The maximum absolute atomic E-state index is 12.0. The van der Waals surface area contributed by atoms with E-state index in [0.29, 0.717) is 21.6 Å². The third kappa shape index (κ3) is 2.28. The molecule has 2 aromatic heterocycles. The Bertz CT molecular complexity index is 630. The number of carbonyl (C=O) groups is 1. The summed E-state index contributed by atoms with van der Waals surface area (Å²) >= 11 is 1.29. The highest BCUT2D eigenvalue weighted by Gasteiger charge is 2.17. The molecular weight excluding hydrogens is 252 g/mol. The number of esters is 1. The second kappa shape index (κ2) is 5.30. The SMILES string of the molecule is CCCc1nc2scc(C(=O)OCC)c2c(=O)[nH]1. The van der Waals surface area contributed by atoms with Crippen LogP contribution < -0.4 is 5.56 Å². The molecule has 18 heavy (non-hydrogen) atoms. The van der Waals surface area contributed by atoms with Crippen LogP contribution in [-0.4, -0.2) is 22.5 Å². The first kappa shape index (κ1) is 12.8. The van der Waals surface area contributed by atoms with Gasteiger partial charge >= 0.3 is 5.97 Å². The average molecular weight is 266 g/mol. The number of carbonyl (C=O) groups excluding carboxylic acids is 1. The highest BCUT2D eigenvalue weighted by molar-refractivity contribution is 7.17. The summed E-state index contributed by atoms with van der Waals surface area (Å²) in [7, 11) is 0. The Kier molecular flexibility index (Phi) is 3.76. The van der Waals surface area contributed by atoms with Crippen molar-refractivity contribution in [2.45, 2.75) is 26.7 Å². The molecule has 0 atom stereocenters. The summed E-state index contributed by atoms with van der Waals surface area (Å²) in [6.07, 6.45) is 1.63. The highest BCUT2D eigenvalue weighted by Crippen LogP contribution is 2.21. The first-order chi connectivity index (χ1) is 8.67. The number of nitrogens with zero attached hydrogens (tertiary/aromatic N) is 1. The fraction of sp³-hybridized carbons (Fsp3) is 0.417. The number of aryl methyl sites for hydroxylation is 1. The molecule has 5 nitrogen and oxygen atoms in total.